The molecule has 0 atom stereocenters. The van der Waals surface area contributed by atoms with Crippen LogP contribution in [-0.4, -0.2) is 14.7 Å². The van der Waals surface area contributed by atoms with Crippen molar-refractivity contribution in [2.45, 2.75) is 20.1 Å². The number of hydrogen-bond donors (Lipinski definition) is 1. The molecule has 0 saturated carbocycles. The van der Waals surface area contributed by atoms with Gasteiger partial charge in [0.25, 0.3) is 0 Å². The van der Waals surface area contributed by atoms with Gasteiger partial charge in [0.2, 0.25) is 0 Å². The third-order valence-electron chi connectivity index (χ3n) is 3.01. The molecule has 0 fully saturated rings. The molecule has 0 unspecified atom stereocenters. The first-order chi connectivity index (χ1) is 8.78. The van der Waals surface area contributed by atoms with E-state index in [-0.39, 0.29) is 6.61 Å². The van der Waals surface area contributed by atoms with Crippen molar-refractivity contribution in [2.75, 3.05) is 0 Å². The molecule has 0 radical (unpaired) electrons. The summed E-state index contributed by atoms with van der Waals surface area (Å²) in [6, 6.07) is 8.09. The molecule has 0 amide bonds. The highest BCUT2D eigenvalue weighted by Gasteiger charge is 2.07. The second-order valence-electron chi connectivity index (χ2n) is 4.34. The molecule has 0 bridgehead atoms. The highest BCUT2D eigenvalue weighted by atomic mass is 32.1. The van der Waals surface area contributed by atoms with E-state index in [0.717, 1.165) is 33.7 Å². The summed E-state index contributed by atoms with van der Waals surface area (Å²) in [5.74, 6) is 0. The lowest BCUT2D eigenvalue weighted by Crippen LogP contribution is -2.00. The van der Waals surface area contributed by atoms with Gasteiger partial charge in [-0.2, -0.15) is 0 Å². The van der Waals surface area contributed by atoms with Gasteiger partial charge in [-0.25, -0.2) is 4.98 Å². The van der Waals surface area contributed by atoms with Gasteiger partial charge in [-0.15, -0.1) is 11.3 Å². The van der Waals surface area contributed by atoms with Crippen LogP contribution < -0.4 is 0 Å². The predicted molar refractivity (Wildman–Crippen MR) is 73.8 cm³/mol. The Morgan fingerprint density at radius 3 is 2.94 bits per heavy atom. The van der Waals surface area contributed by atoms with Crippen molar-refractivity contribution < 1.29 is 5.11 Å². The molecule has 4 heteroatoms. The van der Waals surface area contributed by atoms with Crippen LogP contribution in [0.3, 0.4) is 0 Å². The molecule has 3 rings (SSSR count). The van der Waals surface area contributed by atoms with Crippen LogP contribution in [0.25, 0.3) is 10.9 Å². The van der Waals surface area contributed by atoms with Gasteiger partial charge in [0.15, 0.2) is 0 Å². The molecular weight excluding hydrogens is 244 g/mol. The smallest absolute Gasteiger partial charge is 0.113 e. The first-order valence-corrected chi connectivity index (χ1v) is 6.74. The predicted octanol–water partition coefficient (Wildman–Crippen LogP) is 2.95. The SMILES string of the molecule is Cc1csc(Cn2ccc3cccc(CO)c32)n1. The molecule has 1 N–H and O–H groups in total. The molecule has 0 saturated heterocycles. The number of fused-ring (bicyclic) bond motifs is 1. The fourth-order valence-corrected chi connectivity index (χ4v) is 2.99. The summed E-state index contributed by atoms with van der Waals surface area (Å²) in [7, 11) is 0. The molecule has 0 aliphatic heterocycles. The Kier molecular flexibility index (Phi) is 2.89. The van der Waals surface area contributed by atoms with Crippen molar-refractivity contribution in [3.05, 3.63) is 52.1 Å². The molecule has 0 aliphatic carbocycles. The van der Waals surface area contributed by atoms with Crippen molar-refractivity contribution in [3.63, 3.8) is 0 Å². The molecule has 2 aromatic heterocycles. The Balaban J connectivity index is 2.06. The number of nitrogens with zero attached hydrogens (tertiary/aromatic N) is 2. The van der Waals surface area contributed by atoms with E-state index in [4.69, 9.17) is 0 Å². The van der Waals surface area contributed by atoms with Crippen LogP contribution in [0, 0.1) is 6.92 Å². The lowest BCUT2D eigenvalue weighted by molar-refractivity contribution is 0.283. The van der Waals surface area contributed by atoms with Crippen molar-refractivity contribution in [1.29, 1.82) is 0 Å². The van der Waals surface area contributed by atoms with Gasteiger partial charge in [0, 0.05) is 22.8 Å². The monoisotopic (exact) mass is 258 g/mol. The quantitative estimate of drug-likeness (QED) is 0.784. The molecule has 0 aliphatic rings. The Morgan fingerprint density at radius 2 is 2.22 bits per heavy atom. The minimum Gasteiger partial charge on any atom is -0.392 e. The van der Waals surface area contributed by atoms with Crippen LogP contribution in [0.2, 0.25) is 0 Å². The summed E-state index contributed by atoms with van der Waals surface area (Å²) in [4.78, 5) is 4.48. The third-order valence-corrected chi connectivity index (χ3v) is 3.97. The van der Waals surface area contributed by atoms with Crippen LogP contribution in [0.15, 0.2) is 35.8 Å². The molecular formula is C14H14N2OS. The number of hydrogen-bond acceptors (Lipinski definition) is 3. The largest absolute Gasteiger partial charge is 0.392 e. The maximum Gasteiger partial charge on any atom is 0.113 e. The summed E-state index contributed by atoms with van der Waals surface area (Å²) in [6.07, 6.45) is 2.06. The van der Waals surface area contributed by atoms with Crippen molar-refractivity contribution in [1.82, 2.24) is 9.55 Å². The maximum absolute atomic E-state index is 9.42. The van der Waals surface area contributed by atoms with Gasteiger partial charge in [-0.3, -0.25) is 0 Å². The Hall–Kier alpha value is -1.65. The molecule has 3 aromatic rings. The van der Waals surface area contributed by atoms with E-state index in [1.165, 1.54) is 0 Å². The highest BCUT2D eigenvalue weighted by molar-refractivity contribution is 7.09. The second-order valence-corrected chi connectivity index (χ2v) is 5.28. The number of aromatic nitrogens is 2. The highest BCUT2D eigenvalue weighted by Crippen LogP contribution is 2.22. The lowest BCUT2D eigenvalue weighted by atomic mass is 10.1. The first kappa shape index (κ1) is 11.4. The summed E-state index contributed by atoms with van der Waals surface area (Å²) >= 11 is 1.68. The van der Waals surface area contributed by atoms with Gasteiger partial charge >= 0.3 is 0 Å². The minimum absolute atomic E-state index is 0.0677. The van der Waals surface area contributed by atoms with Crippen LogP contribution >= 0.6 is 11.3 Å². The Bertz CT molecular complexity index is 684. The number of aryl methyl sites for hydroxylation is 1. The number of rotatable bonds is 3. The Morgan fingerprint density at radius 1 is 1.33 bits per heavy atom. The standard InChI is InChI=1S/C14H14N2OS/c1-10-9-18-13(15-10)7-16-6-5-11-3-2-4-12(8-17)14(11)16/h2-6,9,17H,7-8H2,1H3. The van der Waals surface area contributed by atoms with Crippen molar-refractivity contribution in [2.24, 2.45) is 0 Å². The fourth-order valence-electron chi connectivity index (χ4n) is 2.22. The van der Waals surface area contributed by atoms with Gasteiger partial charge in [0.05, 0.1) is 18.7 Å². The van der Waals surface area contributed by atoms with Gasteiger partial charge in [0.1, 0.15) is 5.01 Å². The number of para-hydroxylation sites is 1. The second kappa shape index (κ2) is 4.55. The zero-order valence-corrected chi connectivity index (χ0v) is 10.9. The third kappa shape index (κ3) is 1.94. The van der Waals surface area contributed by atoms with E-state index < -0.39 is 0 Å². The number of aliphatic hydroxyl groups is 1. The maximum atomic E-state index is 9.42. The van der Waals surface area contributed by atoms with Crippen LogP contribution in [-0.2, 0) is 13.2 Å². The molecule has 92 valence electrons. The normalized spacial score (nSPS) is 11.2. The summed E-state index contributed by atoms with van der Waals surface area (Å²) in [5, 5.41) is 13.7. The lowest BCUT2D eigenvalue weighted by Gasteiger charge is -2.06. The Labute approximate surface area is 109 Å². The zero-order chi connectivity index (χ0) is 12.5. The van der Waals surface area contributed by atoms with E-state index in [9.17, 15) is 5.11 Å². The fraction of sp³-hybridized carbons (Fsp3) is 0.214. The molecule has 2 heterocycles. The summed E-state index contributed by atoms with van der Waals surface area (Å²) in [5.41, 5.74) is 3.13. The minimum atomic E-state index is 0.0677. The van der Waals surface area contributed by atoms with Crippen LogP contribution in [0.5, 0.6) is 0 Å². The van der Waals surface area contributed by atoms with E-state index in [1.807, 2.05) is 19.1 Å². The molecule has 18 heavy (non-hydrogen) atoms. The number of aliphatic hydroxyl groups excluding tert-OH is 1. The average Bonchev–Trinajstić information content (AvgIpc) is 2.97. The molecule has 0 spiro atoms. The first-order valence-electron chi connectivity index (χ1n) is 5.86. The summed E-state index contributed by atoms with van der Waals surface area (Å²) < 4.78 is 2.15. The van der Waals surface area contributed by atoms with Crippen LogP contribution in [0.4, 0.5) is 0 Å². The van der Waals surface area contributed by atoms with E-state index in [1.54, 1.807) is 11.3 Å². The van der Waals surface area contributed by atoms with Gasteiger partial charge in [-0.1, -0.05) is 18.2 Å². The number of benzene rings is 1. The zero-order valence-electron chi connectivity index (χ0n) is 10.1. The molecule has 1 aromatic carbocycles. The molecule has 3 nitrogen and oxygen atoms in total. The van der Waals surface area contributed by atoms with Crippen LogP contribution in [0.1, 0.15) is 16.3 Å². The average molecular weight is 258 g/mol. The van der Waals surface area contributed by atoms with E-state index in [0.29, 0.717) is 0 Å². The van der Waals surface area contributed by atoms with Crippen molar-refractivity contribution >= 4 is 22.2 Å². The number of thiazole rings is 1. The van der Waals surface area contributed by atoms with Crippen molar-refractivity contribution in [3.8, 4) is 0 Å². The topological polar surface area (TPSA) is 38.0 Å². The summed E-state index contributed by atoms with van der Waals surface area (Å²) in [6.45, 7) is 2.84. The van der Waals surface area contributed by atoms with E-state index >= 15 is 0 Å². The van der Waals surface area contributed by atoms with Gasteiger partial charge < -0.3 is 9.67 Å². The van der Waals surface area contributed by atoms with Gasteiger partial charge in [-0.05, 0) is 18.4 Å². The van der Waals surface area contributed by atoms with E-state index in [2.05, 4.69) is 33.3 Å².